The number of likely N-dealkylation sites (tertiary alicyclic amines) is 1. The summed E-state index contributed by atoms with van der Waals surface area (Å²) < 4.78 is 29.5. The van der Waals surface area contributed by atoms with E-state index >= 15 is 0 Å². The van der Waals surface area contributed by atoms with Crippen LogP contribution in [0.2, 0.25) is 0 Å². The molecule has 2 saturated heterocycles. The molecule has 32 heavy (non-hydrogen) atoms. The van der Waals surface area contributed by atoms with Crippen LogP contribution in [-0.4, -0.2) is 61.7 Å². The smallest absolute Gasteiger partial charge is 0.409 e. The summed E-state index contributed by atoms with van der Waals surface area (Å²) in [6, 6.07) is 16.1. The van der Waals surface area contributed by atoms with Gasteiger partial charge in [0.15, 0.2) is 0 Å². The number of fused-ring (bicyclic) bond motifs is 3. The Labute approximate surface area is 186 Å². The summed E-state index contributed by atoms with van der Waals surface area (Å²) in [4.78, 5) is 26.3. The van der Waals surface area contributed by atoms with E-state index in [1.807, 2.05) is 36.4 Å². The van der Waals surface area contributed by atoms with Crippen molar-refractivity contribution < 1.29 is 27.9 Å². The Bertz CT molecular complexity index is 1130. The molecule has 5 rings (SSSR count). The number of amides is 1. The lowest BCUT2D eigenvalue weighted by molar-refractivity contribution is -0.145. The largest absolute Gasteiger partial charge is 0.481 e. The fourth-order valence-electron chi connectivity index (χ4n) is 5.58. The van der Waals surface area contributed by atoms with E-state index in [1.54, 1.807) is 0 Å². The molecule has 2 aliphatic heterocycles. The average molecular weight is 456 g/mol. The van der Waals surface area contributed by atoms with Crippen LogP contribution in [0, 0.1) is 11.3 Å². The van der Waals surface area contributed by atoms with Crippen molar-refractivity contribution in [1.29, 1.82) is 0 Å². The van der Waals surface area contributed by atoms with Crippen molar-refractivity contribution in [2.24, 2.45) is 11.3 Å². The predicted molar refractivity (Wildman–Crippen MR) is 118 cm³/mol. The second-order valence-electron chi connectivity index (χ2n) is 9.09. The van der Waals surface area contributed by atoms with E-state index in [9.17, 15) is 23.1 Å². The molecule has 2 fully saturated rings. The first-order chi connectivity index (χ1) is 15.3. The third-order valence-corrected chi connectivity index (χ3v) is 9.01. The number of aliphatic carboxylic acids is 1. The van der Waals surface area contributed by atoms with E-state index in [2.05, 4.69) is 12.1 Å². The molecular weight excluding hydrogens is 430 g/mol. The summed E-state index contributed by atoms with van der Waals surface area (Å²) in [7, 11) is -3.14. The second-order valence-corrected chi connectivity index (χ2v) is 11.4. The molecule has 8 heteroatoms. The van der Waals surface area contributed by atoms with Crippen molar-refractivity contribution in [3.8, 4) is 11.1 Å². The zero-order chi connectivity index (χ0) is 22.5. The number of hydrogen-bond donors (Lipinski definition) is 1. The highest BCUT2D eigenvalue weighted by Crippen LogP contribution is 2.47. The lowest BCUT2D eigenvalue weighted by Crippen LogP contribution is -2.42. The second kappa shape index (κ2) is 7.62. The van der Waals surface area contributed by atoms with E-state index in [-0.39, 0.29) is 50.0 Å². The molecule has 7 nitrogen and oxygen atoms in total. The fraction of sp³-hybridized carbons (Fsp3) is 0.417. The van der Waals surface area contributed by atoms with Gasteiger partial charge in [-0.25, -0.2) is 13.2 Å². The maximum atomic E-state index is 12.9. The number of carbonyl (C=O) groups is 2. The number of hydrogen-bond acceptors (Lipinski definition) is 5. The van der Waals surface area contributed by atoms with Crippen LogP contribution in [0.15, 0.2) is 48.5 Å². The summed E-state index contributed by atoms with van der Waals surface area (Å²) in [6.07, 6.45) is -0.0118. The highest BCUT2D eigenvalue weighted by molar-refractivity contribution is 7.91. The average Bonchev–Trinajstić information content (AvgIpc) is 3.31. The van der Waals surface area contributed by atoms with Crippen LogP contribution in [0.3, 0.4) is 0 Å². The molecule has 3 aliphatic rings. The summed E-state index contributed by atoms with van der Waals surface area (Å²) in [6.45, 7) is 0.435. The normalized spacial score (nSPS) is 23.0. The Balaban J connectivity index is 1.32. The number of nitrogens with zero attached hydrogens (tertiary/aromatic N) is 1. The first kappa shape index (κ1) is 21.0. The monoisotopic (exact) mass is 455 g/mol. The lowest BCUT2D eigenvalue weighted by Gasteiger charge is -2.35. The third kappa shape index (κ3) is 3.46. The molecule has 2 heterocycles. The van der Waals surface area contributed by atoms with Gasteiger partial charge in [-0.1, -0.05) is 48.5 Å². The van der Waals surface area contributed by atoms with Gasteiger partial charge in [0, 0.05) is 24.4 Å². The van der Waals surface area contributed by atoms with Gasteiger partial charge in [0.1, 0.15) is 16.4 Å². The van der Waals surface area contributed by atoms with Crippen LogP contribution in [0.1, 0.15) is 29.9 Å². The first-order valence-electron chi connectivity index (χ1n) is 10.8. The van der Waals surface area contributed by atoms with Gasteiger partial charge in [-0.05, 0) is 35.1 Å². The Hall–Kier alpha value is -2.87. The Kier molecular flexibility index (Phi) is 5.00. The van der Waals surface area contributed by atoms with Crippen LogP contribution in [0.5, 0.6) is 0 Å². The van der Waals surface area contributed by atoms with Gasteiger partial charge in [0.05, 0.1) is 17.4 Å². The van der Waals surface area contributed by atoms with Crippen molar-refractivity contribution in [2.75, 3.05) is 31.2 Å². The minimum absolute atomic E-state index is 0.0324. The van der Waals surface area contributed by atoms with Crippen LogP contribution in [0.4, 0.5) is 4.79 Å². The Morgan fingerprint density at radius 1 is 1.00 bits per heavy atom. The maximum Gasteiger partial charge on any atom is 0.409 e. The first-order valence-corrected chi connectivity index (χ1v) is 12.6. The molecule has 1 aliphatic carbocycles. The molecule has 0 bridgehead atoms. The SMILES string of the molecule is O=C(O)[C@H]1CN(C(=O)OCC2c3ccccc3-c3ccccc32)CC12CCS(=O)(=O)CC2. The van der Waals surface area contributed by atoms with E-state index in [0.717, 1.165) is 22.3 Å². The van der Waals surface area contributed by atoms with Crippen LogP contribution in [-0.2, 0) is 19.4 Å². The molecule has 0 saturated carbocycles. The summed E-state index contributed by atoms with van der Waals surface area (Å²) >= 11 is 0. The van der Waals surface area contributed by atoms with E-state index in [0.29, 0.717) is 0 Å². The summed E-state index contributed by atoms with van der Waals surface area (Å²) in [5.41, 5.74) is 3.79. The molecule has 0 radical (unpaired) electrons. The van der Waals surface area contributed by atoms with E-state index < -0.39 is 33.2 Å². The lowest BCUT2D eigenvalue weighted by atomic mass is 9.73. The van der Waals surface area contributed by atoms with Gasteiger partial charge in [-0.2, -0.15) is 0 Å². The number of benzene rings is 2. The molecule has 168 valence electrons. The van der Waals surface area contributed by atoms with Crippen LogP contribution in [0.25, 0.3) is 11.1 Å². The van der Waals surface area contributed by atoms with Crippen LogP contribution < -0.4 is 0 Å². The molecular formula is C24H25NO6S. The summed E-state index contributed by atoms with van der Waals surface area (Å²) in [5.74, 6) is -1.90. The van der Waals surface area contributed by atoms with Crippen LogP contribution >= 0.6 is 0 Å². The van der Waals surface area contributed by atoms with Crippen molar-refractivity contribution in [1.82, 2.24) is 4.90 Å². The van der Waals surface area contributed by atoms with Gasteiger partial charge >= 0.3 is 12.1 Å². The number of carboxylic acid groups (broad SMARTS) is 1. The Morgan fingerprint density at radius 3 is 2.12 bits per heavy atom. The highest BCUT2D eigenvalue weighted by Gasteiger charge is 2.54. The third-order valence-electron chi connectivity index (χ3n) is 7.36. The molecule has 1 spiro atoms. The molecule has 1 N–H and O–H groups in total. The molecule has 2 aromatic rings. The highest BCUT2D eigenvalue weighted by atomic mass is 32.2. The fourth-order valence-corrected chi connectivity index (χ4v) is 7.22. The minimum atomic E-state index is -3.14. The van der Waals surface area contributed by atoms with Crippen molar-refractivity contribution in [3.05, 3.63) is 59.7 Å². The molecule has 1 atom stereocenters. The number of carboxylic acids is 1. The number of sulfone groups is 1. The zero-order valence-electron chi connectivity index (χ0n) is 17.6. The molecule has 0 unspecified atom stereocenters. The quantitative estimate of drug-likeness (QED) is 0.763. The van der Waals surface area contributed by atoms with Gasteiger partial charge in [0.2, 0.25) is 0 Å². The standard InChI is InChI=1S/C24H25NO6S/c26-22(27)21-13-25(15-24(21)9-11-32(29,30)12-10-24)23(28)31-14-20-18-7-3-1-5-16(18)17-6-2-4-8-19(17)20/h1-8,20-21H,9-15H2,(H,26,27)/t21-/m1/s1. The number of rotatable bonds is 3. The number of ether oxygens (including phenoxy) is 1. The predicted octanol–water partition coefficient (Wildman–Crippen LogP) is 3.15. The van der Waals surface area contributed by atoms with Crippen molar-refractivity contribution in [2.45, 2.75) is 18.8 Å². The molecule has 1 amide bonds. The zero-order valence-corrected chi connectivity index (χ0v) is 18.4. The Morgan fingerprint density at radius 2 is 1.56 bits per heavy atom. The van der Waals surface area contributed by atoms with Gasteiger partial charge < -0.3 is 14.7 Å². The van der Waals surface area contributed by atoms with Gasteiger partial charge in [-0.3, -0.25) is 4.79 Å². The van der Waals surface area contributed by atoms with E-state index in [1.165, 1.54) is 4.90 Å². The molecule has 2 aromatic carbocycles. The van der Waals surface area contributed by atoms with Crippen molar-refractivity contribution >= 4 is 21.9 Å². The maximum absolute atomic E-state index is 12.9. The number of carbonyl (C=O) groups excluding carboxylic acids is 1. The molecule has 0 aromatic heterocycles. The van der Waals surface area contributed by atoms with Gasteiger partial charge in [-0.15, -0.1) is 0 Å². The van der Waals surface area contributed by atoms with Gasteiger partial charge in [0.25, 0.3) is 0 Å². The minimum Gasteiger partial charge on any atom is -0.481 e. The van der Waals surface area contributed by atoms with Crippen molar-refractivity contribution in [3.63, 3.8) is 0 Å². The van der Waals surface area contributed by atoms with E-state index in [4.69, 9.17) is 4.74 Å². The summed E-state index contributed by atoms with van der Waals surface area (Å²) in [5, 5.41) is 9.75. The topological polar surface area (TPSA) is 101 Å².